The van der Waals surface area contributed by atoms with E-state index in [-0.39, 0.29) is 12.5 Å². The van der Waals surface area contributed by atoms with Gasteiger partial charge in [0.25, 0.3) is 5.91 Å². The van der Waals surface area contributed by atoms with Gasteiger partial charge in [-0.25, -0.2) is 4.79 Å². The summed E-state index contributed by atoms with van der Waals surface area (Å²) in [5.74, 6) is -0.800. The van der Waals surface area contributed by atoms with Crippen LogP contribution in [-0.4, -0.2) is 34.8 Å². The van der Waals surface area contributed by atoms with Gasteiger partial charge in [-0.05, 0) is 50.1 Å². The van der Waals surface area contributed by atoms with Crippen LogP contribution in [0.25, 0.3) is 10.8 Å². The number of hydrogen-bond acceptors (Lipinski definition) is 3. The van der Waals surface area contributed by atoms with Crippen LogP contribution >= 0.6 is 0 Å². The highest BCUT2D eigenvalue weighted by molar-refractivity contribution is 6.09. The fraction of sp³-hybridized carbons (Fsp3) is 0.350. The maximum Gasteiger partial charge on any atom is 0.325 e. The molecular weight excluding hydrogens is 330 g/mol. The van der Waals surface area contributed by atoms with Crippen molar-refractivity contribution in [3.05, 3.63) is 48.0 Å². The number of nitrogens with zero attached hydrogens (tertiary/aromatic N) is 1. The lowest BCUT2D eigenvalue weighted by atomic mass is 9.90. The van der Waals surface area contributed by atoms with Gasteiger partial charge in [0.2, 0.25) is 5.91 Å². The Morgan fingerprint density at radius 1 is 1.12 bits per heavy atom. The summed E-state index contributed by atoms with van der Waals surface area (Å²) >= 11 is 0. The minimum Gasteiger partial charge on any atom is -0.350 e. The van der Waals surface area contributed by atoms with Gasteiger partial charge < -0.3 is 10.6 Å². The molecule has 1 saturated heterocycles. The summed E-state index contributed by atoms with van der Waals surface area (Å²) in [4.78, 5) is 38.4. The molecule has 26 heavy (non-hydrogen) atoms. The number of fused-ring (bicyclic) bond motifs is 1. The second-order valence-electron chi connectivity index (χ2n) is 7.81. The minimum absolute atomic E-state index is 0.300. The zero-order valence-corrected chi connectivity index (χ0v) is 15.4. The molecule has 1 aliphatic rings. The van der Waals surface area contributed by atoms with Gasteiger partial charge in [0.1, 0.15) is 12.1 Å². The Labute approximate surface area is 152 Å². The zero-order valence-electron chi connectivity index (χ0n) is 15.4. The molecule has 3 rings (SSSR count). The quantitative estimate of drug-likeness (QED) is 0.832. The first-order valence-corrected chi connectivity index (χ1v) is 8.54. The average Bonchev–Trinajstić information content (AvgIpc) is 2.77. The molecule has 136 valence electrons. The number of urea groups is 1. The van der Waals surface area contributed by atoms with Crippen molar-refractivity contribution in [2.75, 3.05) is 6.54 Å². The topological polar surface area (TPSA) is 78.5 Å². The lowest BCUT2D eigenvalue weighted by molar-refractivity contribution is -0.135. The molecule has 1 heterocycles. The van der Waals surface area contributed by atoms with E-state index < -0.39 is 23.0 Å². The summed E-state index contributed by atoms with van der Waals surface area (Å²) in [7, 11) is 0. The minimum atomic E-state index is -1.19. The first-order chi connectivity index (χ1) is 12.1. The van der Waals surface area contributed by atoms with Gasteiger partial charge >= 0.3 is 6.03 Å². The van der Waals surface area contributed by atoms with E-state index in [1.54, 1.807) is 6.92 Å². The molecule has 2 aromatic carbocycles. The molecule has 2 aromatic rings. The normalized spacial score (nSPS) is 20.4. The number of rotatable bonds is 3. The van der Waals surface area contributed by atoms with E-state index in [4.69, 9.17) is 0 Å². The number of amides is 4. The van der Waals surface area contributed by atoms with Crippen molar-refractivity contribution < 1.29 is 14.4 Å². The van der Waals surface area contributed by atoms with Crippen molar-refractivity contribution in [3.63, 3.8) is 0 Å². The standard InChI is InChI=1S/C20H23N3O3/c1-19(2,3)21-16(24)12-23-17(25)20(4,22-18(23)26)15-10-9-13-7-5-6-8-14(13)11-15/h5-11H,12H2,1-4H3,(H,21,24)(H,22,26)/t20-/m1/s1. The van der Waals surface area contributed by atoms with E-state index in [2.05, 4.69) is 10.6 Å². The lowest BCUT2D eigenvalue weighted by Gasteiger charge is -2.24. The number of carbonyl (C=O) groups is 3. The van der Waals surface area contributed by atoms with Gasteiger partial charge in [0.05, 0.1) is 0 Å². The van der Waals surface area contributed by atoms with E-state index >= 15 is 0 Å². The Kier molecular flexibility index (Phi) is 4.22. The highest BCUT2D eigenvalue weighted by atomic mass is 16.2. The Morgan fingerprint density at radius 3 is 2.42 bits per heavy atom. The molecule has 0 bridgehead atoms. The summed E-state index contributed by atoms with van der Waals surface area (Å²) in [5, 5.41) is 7.54. The predicted octanol–water partition coefficient (Wildman–Crippen LogP) is 2.52. The van der Waals surface area contributed by atoms with Crippen LogP contribution in [0.15, 0.2) is 42.5 Å². The molecule has 1 aliphatic heterocycles. The van der Waals surface area contributed by atoms with Crippen LogP contribution in [0, 0.1) is 0 Å². The van der Waals surface area contributed by atoms with Crippen LogP contribution in [0.4, 0.5) is 4.79 Å². The summed E-state index contributed by atoms with van der Waals surface area (Å²) < 4.78 is 0. The molecular formula is C20H23N3O3. The molecule has 6 nitrogen and oxygen atoms in total. The van der Waals surface area contributed by atoms with E-state index in [1.165, 1.54) is 0 Å². The van der Waals surface area contributed by atoms with Crippen molar-refractivity contribution in [1.82, 2.24) is 15.5 Å². The Balaban J connectivity index is 1.87. The van der Waals surface area contributed by atoms with Crippen LogP contribution < -0.4 is 10.6 Å². The van der Waals surface area contributed by atoms with Crippen molar-refractivity contribution in [1.29, 1.82) is 0 Å². The summed E-state index contributed by atoms with van der Waals surface area (Å²) in [5.41, 5.74) is -0.936. The second-order valence-corrected chi connectivity index (χ2v) is 7.81. The number of benzene rings is 2. The molecule has 0 aromatic heterocycles. The van der Waals surface area contributed by atoms with Gasteiger partial charge in [-0.1, -0.05) is 36.4 Å². The van der Waals surface area contributed by atoms with Gasteiger partial charge in [0.15, 0.2) is 0 Å². The second kappa shape index (κ2) is 6.12. The first kappa shape index (κ1) is 17.9. The van der Waals surface area contributed by atoms with Crippen LogP contribution in [0.5, 0.6) is 0 Å². The van der Waals surface area contributed by atoms with Crippen LogP contribution in [0.1, 0.15) is 33.3 Å². The van der Waals surface area contributed by atoms with Crippen LogP contribution in [-0.2, 0) is 15.1 Å². The maximum absolute atomic E-state index is 12.9. The predicted molar refractivity (Wildman–Crippen MR) is 99.4 cm³/mol. The Hall–Kier alpha value is -2.89. The third-order valence-corrected chi connectivity index (χ3v) is 4.42. The highest BCUT2D eigenvalue weighted by Gasteiger charge is 2.49. The van der Waals surface area contributed by atoms with Gasteiger partial charge in [0, 0.05) is 5.54 Å². The van der Waals surface area contributed by atoms with Crippen LogP contribution in [0.3, 0.4) is 0 Å². The SMILES string of the molecule is CC(C)(C)NC(=O)CN1C(=O)N[C@](C)(c2ccc3ccccc3c2)C1=O. The van der Waals surface area contributed by atoms with E-state index in [0.29, 0.717) is 5.56 Å². The van der Waals surface area contributed by atoms with Gasteiger partial charge in [-0.2, -0.15) is 0 Å². The molecule has 2 N–H and O–H groups in total. The van der Waals surface area contributed by atoms with Gasteiger partial charge in [-0.3, -0.25) is 14.5 Å². The molecule has 0 saturated carbocycles. The molecule has 6 heteroatoms. The number of carbonyl (C=O) groups excluding carboxylic acids is 3. The van der Waals surface area contributed by atoms with Crippen molar-refractivity contribution >= 4 is 28.6 Å². The van der Waals surface area contributed by atoms with E-state index in [9.17, 15) is 14.4 Å². The summed E-state index contributed by atoms with van der Waals surface area (Å²) in [6, 6.07) is 12.9. The third kappa shape index (κ3) is 3.27. The Morgan fingerprint density at radius 2 is 1.77 bits per heavy atom. The smallest absolute Gasteiger partial charge is 0.325 e. The monoisotopic (exact) mass is 353 g/mol. The lowest BCUT2D eigenvalue weighted by Crippen LogP contribution is -2.48. The third-order valence-electron chi connectivity index (χ3n) is 4.42. The van der Waals surface area contributed by atoms with Gasteiger partial charge in [-0.15, -0.1) is 0 Å². The Bertz CT molecular complexity index is 901. The van der Waals surface area contributed by atoms with Crippen molar-refractivity contribution in [2.45, 2.75) is 38.8 Å². The van der Waals surface area contributed by atoms with E-state index in [0.717, 1.165) is 15.7 Å². The molecule has 0 unspecified atom stereocenters. The largest absolute Gasteiger partial charge is 0.350 e. The van der Waals surface area contributed by atoms with Crippen LogP contribution in [0.2, 0.25) is 0 Å². The number of imide groups is 1. The molecule has 0 radical (unpaired) electrons. The highest BCUT2D eigenvalue weighted by Crippen LogP contribution is 2.30. The zero-order chi connectivity index (χ0) is 19.1. The first-order valence-electron chi connectivity index (χ1n) is 8.54. The molecule has 0 spiro atoms. The summed E-state index contributed by atoms with van der Waals surface area (Å²) in [6.45, 7) is 6.89. The fourth-order valence-electron chi connectivity index (χ4n) is 3.14. The number of nitrogens with one attached hydrogen (secondary N) is 2. The van der Waals surface area contributed by atoms with Crippen molar-refractivity contribution in [2.24, 2.45) is 0 Å². The fourth-order valence-corrected chi connectivity index (χ4v) is 3.14. The van der Waals surface area contributed by atoms with E-state index in [1.807, 2.05) is 63.2 Å². The number of hydrogen-bond donors (Lipinski definition) is 2. The maximum atomic E-state index is 12.9. The van der Waals surface area contributed by atoms with Crippen molar-refractivity contribution in [3.8, 4) is 0 Å². The molecule has 4 amide bonds. The summed E-state index contributed by atoms with van der Waals surface area (Å²) in [6.07, 6.45) is 0. The molecule has 1 fully saturated rings. The average molecular weight is 353 g/mol. The molecule has 0 aliphatic carbocycles. The molecule has 1 atom stereocenters.